The van der Waals surface area contributed by atoms with Gasteiger partial charge in [0.05, 0.1) is 0 Å². The van der Waals surface area contributed by atoms with Crippen molar-refractivity contribution in [2.24, 2.45) is 0 Å². The molecule has 1 saturated heterocycles. The Morgan fingerprint density at radius 3 is 1.39 bits per heavy atom. The molecule has 0 bridgehead atoms. The molecule has 0 spiro atoms. The monoisotopic (exact) mass is 1290 g/mol. The molecule has 0 unspecified atom stereocenters. The number of hydrogen-bond donors (Lipinski definition) is 3. The number of terminal acetylenes is 1. The smallest absolute Gasteiger partial charge is 0.446 e. The summed E-state index contributed by atoms with van der Waals surface area (Å²) in [5.41, 5.74) is 15.4. The van der Waals surface area contributed by atoms with Crippen LogP contribution in [0, 0.1) is 18.5 Å². The zero-order valence-corrected chi connectivity index (χ0v) is 44.7. The van der Waals surface area contributed by atoms with Crippen molar-refractivity contribution in [3.63, 3.8) is 0 Å². The molecule has 4 rings (SSSR count). The van der Waals surface area contributed by atoms with Gasteiger partial charge in [-0.15, -0.1) is 27.5 Å². The molecule has 3 radical (unpaired) electrons. The topological polar surface area (TPSA) is 220 Å². The fraction of sp³-hybridized carbons (Fsp3) is 0.545. The summed E-state index contributed by atoms with van der Waals surface area (Å²) < 4.78 is 14.6. The Morgan fingerprint density at radius 1 is 0.750 bits per heavy atom. The van der Waals surface area contributed by atoms with Crippen molar-refractivity contribution in [1.82, 2.24) is 26.0 Å². The van der Waals surface area contributed by atoms with E-state index in [-0.39, 0.29) is 78.0 Å². The number of ether oxygens (including phenoxy) is 3. The molecule has 15 nitrogen and oxygen atoms in total. The molecule has 3 aromatic rings. The Hall–Kier alpha value is -3.30. The van der Waals surface area contributed by atoms with Crippen LogP contribution in [0.25, 0.3) is 16.0 Å². The molecule has 1 aliphatic heterocycles. The predicted molar refractivity (Wildman–Crippen MR) is 254 cm³/mol. The van der Waals surface area contributed by atoms with E-state index in [9.17, 15) is 19.2 Å². The molecule has 1 aromatic heterocycles. The van der Waals surface area contributed by atoms with Crippen LogP contribution in [0.5, 0.6) is 0 Å². The minimum Gasteiger partial charge on any atom is -0.446 e. The number of aromatic nitrogens is 3. The van der Waals surface area contributed by atoms with Gasteiger partial charge in [0.15, 0.2) is 18.2 Å². The Labute approximate surface area is 418 Å². The second-order valence-electron chi connectivity index (χ2n) is 12.5. The third kappa shape index (κ3) is 36.0. The molecule has 3 N–H and O–H groups in total. The number of ketones is 2. The summed E-state index contributed by atoms with van der Waals surface area (Å²) in [5, 5.41) is 14.5. The summed E-state index contributed by atoms with van der Waals surface area (Å²) in [6.45, 7) is 19.1. The van der Waals surface area contributed by atoms with Gasteiger partial charge in [0.1, 0.15) is 18.7 Å². The zero-order chi connectivity index (χ0) is 46.1. The molecule has 20 heteroatoms. The average molecular weight is 1290 g/mol. The van der Waals surface area contributed by atoms with Crippen molar-refractivity contribution in [1.29, 1.82) is 0 Å². The molecule has 2 atom stereocenters. The molecule has 1 fully saturated rings. The largest absolute Gasteiger partial charge is 1.00 e. The van der Waals surface area contributed by atoms with Gasteiger partial charge in [0.2, 0.25) is 0 Å². The van der Waals surface area contributed by atoms with E-state index in [0.29, 0.717) is 34.4 Å². The van der Waals surface area contributed by atoms with Gasteiger partial charge < -0.3 is 47.2 Å². The van der Waals surface area contributed by atoms with Crippen LogP contribution in [0.2, 0.25) is 0 Å². The molecule has 64 heavy (non-hydrogen) atoms. The summed E-state index contributed by atoms with van der Waals surface area (Å²) in [6, 6.07) is 16.6. The Bertz CT molecular complexity index is 1600. The number of H-pyrrole nitrogens is 1. The maximum absolute atomic E-state index is 12.0. The first kappa shape index (κ1) is 69.7. The van der Waals surface area contributed by atoms with Crippen LogP contribution in [0.1, 0.15) is 110 Å². The number of nitrogens with one attached hydrogen (secondary N) is 3. The van der Waals surface area contributed by atoms with Crippen LogP contribution < -0.4 is 10.6 Å². The van der Waals surface area contributed by atoms with Gasteiger partial charge in [0, 0.05) is 34.5 Å². The molecule has 0 saturated carbocycles. The van der Waals surface area contributed by atoms with Crippen LogP contribution >= 0.6 is 15.8 Å². The number of Topliss-reactive ketones (excluding diaryl/α,β-unsaturated/α-hetero) is 2. The Balaban J connectivity index is -0.000000242. The fourth-order valence-corrected chi connectivity index (χ4v) is 7.76. The molecule has 1 aliphatic rings. The van der Waals surface area contributed by atoms with Crippen LogP contribution in [0.15, 0.2) is 60.7 Å². The second kappa shape index (κ2) is 49.1. The maximum Gasteiger partial charge on any atom is 1.00 e. The quantitative estimate of drug-likeness (QED) is 0.0222. The normalized spacial score (nSPS) is 11.2. The Kier molecular flexibility index (Phi) is 53.5. The van der Waals surface area contributed by atoms with E-state index < -0.39 is 24.3 Å². The number of carbonyl (C=O) groups excluding carboxylic acids is 4. The molecule has 361 valence electrons. The van der Waals surface area contributed by atoms with Gasteiger partial charge in [-0.3, -0.25) is 19.6 Å². The standard InChI is InChI=1S/C14H15N4O3.C14H15NO3.2C6H15P.C4H8O.2Au.B.N3/c1-2-12(19)13(10-6-4-3-5-7-10)16-14(20)21-9-11-8-15-18-17-11;1-3-10-18-14(17)15-13(12(16)4-2)11-8-6-5-7-9-11;2*1-4-7(5-2)6-3;1-2-4-5-3-1;;;;1-3-2/h3-7,13H,2,9H2,1H3,(H,16,20)(H,15,17,18);1,5-9,13H,4,10H2,2H3,(H,15,17);2*4-6H2,1-3H3;1-4H2;;;;/q-1;;;;;2*+1;;-1/t2*13-;;;;;;;/m11......./s1. The van der Waals surface area contributed by atoms with Gasteiger partial charge in [-0.2, -0.15) is 0 Å². The van der Waals surface area contributed by atoms with Gasteiger partial charge in [-0.05, 0) is 60.9 Å². The molecule has 2 amide bonds. The van der Waals surface area contributed by atoms with Crippen LogP contribution in [-0.2, 0) is 75.2 Å². The minimum absolute atomic E-state index is 0. The first-order valence-electron chi connectivity index (χ1n) is 20.7. The average Bonchev–Trinajstić information content (AvgIpc) is 4.07. The predicted octanol–water partition coefficient (Wildman–Crippen LogP) is 9.95. The van der Waals surface area contributed by atoms with E-state index in [4.69, 9.17) is 31.7 Å². The zero-order valence-electron chi connectivity index (χ0n) is 38.6. The summed E-state index contributed by atoms with van der Waals surface area (Å²) in [4.78, 5) is 48.5. The van der Waals surface area contributed by atoms with Crippen LogP contribution in [-0.4, -0.2) is 104 Å². The van der Waals surface area contributed by atoms with Crippen LogP contribution in [0.4, 0.5) is 9.59 Å². The number of amides is 2. The van der Waals surface area contributed by atoms with Gasteiger partial charge in [-0.1, -0.05) is 128 Å². The van der Waals surface area contributed by atoms with E-state index in [1.54, 1.807) is 50.2 Å². The minimum atomic E-state index is -0.715. The molecule has 2 aromatic carbocycles. The summed E-state index contributed by atoms with van der Waals surface area (Å²) in [6.07, 6.45) is 17.8. The number of alkyl carbamates (subject to hydrolysis) is 2. The summed E-state index contributed by atoms with van der Waals surface area (Å²) >= 11 is 0. The van der Waals surface area contributed by atoms with E-state index in [1.807, 2.05) is 24.3 Å². The molecular formula is C44H68Au2BN8O7P2. The number of rotatable bonds is 17. The van der Waals surface area contributed by atoms with Gasteiger partial charge in [-0.25, -0.2) is 9.59 Å². The summed E-state index contributed by atoms with van der Waals surface area (Å²) in [7, 11) is 0.892. The van der Waals surface area contributed by atoms with E-state index in [2.05, 4.69) is 79.7 Å². The van der Waals surface area contributed by atoms with E-state index in [0.717, 1.165) is 24.3 Å². The molecule has 2 heterocycles. The van der Waals surface area contributed by atoms with Gasteiger partial charge in [0.25, 0.3) is 0 Å². The van der Waals surface area contributed by atoms with Crippen molar-refractivity contribution >= 4 is 48.0 Å². The van der Waals surface area contributed by atoms with E-state index in [1.165, 1.54) is 54.7 Å². The third-order valence-electron chi connectivity index (χ3n) is 8.70. The van der Waals surface area contributed by atoms with Crippen molar-refractivity contribution in [2.75, 3.05) is 56.8 Å². The maximum atomic E-state index is 12.0. The molecular weight excluding hydrogens is 1220 g/mol. The van der Waals surface area contributed by atoms with Gasteiger partial charge >= 0.3 is 56.9 Å². The number of hydrogen-bond acceptors (Lipinski definition) is 9. The third-order valence-corrected chi connectivity index (χ3v) is 14.1. The first-order valence-corrected chi connectivity index (χ1v) is 24.5. The van der Waals surface area contributed by atoms with Crippen molar-refractivity contribution < 1.29 is 78.1 Å². The molecule has 0 aliphatic carbocycles. The second-order valence-corrected chi connectivity index (χ2v) is 19.0. The number of carbonyl (C=O) groups is 4. The number of benzene rings is 2. The number of aromatic amines is 1. The van der Waals surface area contributed by atoms with E-state index >= 15 is 0 Å². The van der Waals surface area contributed by atoms with Crippen molar-refractivity contribution in [3.05, 3.63) is 99.7 Å². The fourth-order valence-electron chi connectivity index (χ4n) is 5.07. The van der Waals surface area contributed by atoms with Crippen LogP contribution in [0.3, 0.4) is 0 Å². The Morgan fingerprint density at radius 2 is 1.12 bits per heavy atom. The SMILES string of the molecule is C#CCOC(=O)N[C@@H](C(=O)CC)c1ccccc1.C1CCOC1.CCC(=O)[C@H](NC(=O)OCc1[c-]nn[nH]1)c1ccccc1.CCP(CC)CC.CCP(CC)CC.[Au+].[Au+].[B].[N-]=[N+]=[N-]. The first-order chi connectivity index (χ1) is 29.5. The van der Waals surface area contributed by atoms with Crippen molar-refractivity contribution in [2.45, 2.75) is 99.8 Å². The number of nitrogens with zero attached hydrogens (tertiary/aromatic N) is 5. The summed E-state index contributed by atoms with van der Waals surface area (Å²) in [5.74, 6) is 2.01. The van der Waals surface area contributed by atoms with Crippen molar-refractivity contribution in [3.8, 4) is 12.3 Å².